The molecule has 0 aliphatic carbocycles. The van der Waals surface area contributed by atoms with Crippen molar-refractivity contribution in [3.05, 3.63) is 35.9 Å². The summed E-state index contributed by atoms with van der Waals surface area (Å²) in [6, 6.07) is 10.4. The molecule has 1 aromatic rings. The fourth-order valence-electron chi connectivity index (χ4n) is 3.43. The number of nitrogens with one attached hydrogen (secondary N) is 2. The van der Waals surface area contributed by atoms with Gasteiger partial charge in [-0.05, 0) is 31.2 Å². The molecule has 0 bridgehead atoms. The number of hydrogen-bond donors (Lipinski definition) is 3. The maximum Gasteiger partial charge on any atom is 0.191 e. The number of aliphatic hydroxyl groups is 1. The van der Waals surface area contributed by atoms with Gasteiger partial charge in [0.05, 0.1) is 25.9 Å². The van der Waals surface area contributed by atoms with Crippen LogP contribution in [-0.2, 0) is 11.3 Å². The molecule has 1 aromatic carbocycles. The number of rotatable bonds is 10. The van der Waals surface area contributed by atoms with Gasteiger partial charge in [-0.1, -0.05) is 44.2 Å². The topological polar surface area (TPSA) is 69.1 Å². The number of guanidine groups is 1. The molecule has 0 saturated carbocycles. The number of nitrogens with zero attached hydrogens (tertiary/aromatic N) is 2. The number of piperidine rings is 1. The van der Waals surface area contributed by atoms with Gasteiger partial charge in [0.15, 0.2) is 5.96 Å². The number of aliphatic imine (C=N–C) groups is 1. The third kappa shape index (κ3) is 11.2. The van der Waals surface area contributed by atoms with Gasteiger partial charge in [-0.15, -0.1) is 24.0 Å². The Balaban J connectivity index is 0.00000420. The van der Waals surface area contributed by atoms with Gasteiger partial charge in [-0.3, -0.25) is 4.99 Å². The Morgan fingerprint density at radius 3 is 2.55 bits per heavy atom. The zero-order valence-corrected chi connectivity index (χ0v) is 20.5. The summed E-state index contributed by atoms with van der Waals surface area (Å²) < 4.78 is 5.60. The van der Waals surface area contributed by atoms with Crippen LogP contribution in [0.4, 0.5) is 0 Å². The summed E-state index contributed by atoms with van der Waals surface area (Å²) in [6.45, 7) is 12.0. The van der Waals surface area contributed by atoms with Crippen LogP contribution in [-0.4, -0.2) is 67.4 Å². The average molecular weight is 518 g/mol. The lowest BCUT2D eigenvalue weighted by Crippen LogP contribution is -2.49. The van der Waals surface area contributed by atoms with Crippen LogP contribution in [0.25, 0.3) is 0 Å². The van der Waals surface area contributed by atoms with Crippen molar-refractivity contribution in [1.82, 2.24) is 15.5 Å². The Bertz CT molecular complexity index is 563. The van der Waals surface area contributed by atoms with Crippen LogP contribution in [0, 0.1) is 5.92 Å². The maximum absolute atomic E-state index is 10.2. The third-order valence-corrected chi connectivity index (χ3v) is 4.78. The van der Waals surface area contributed by atoms with Crippen molar-refractivity contribution in [2.75, 3.05) is 39.3 Å². The van der Waals surface area contributed by atoms with E-state index in [0.29, 0.717) is 25.1 Å². The number of ether oxygens (including phenoxy) is 1. The smallest absolute Gasteiger partial charge is 0.191 e. The van der Waals surface area contributed by atoms with Gasteiger partial charge in [0.1, 0.15) is 0 Å². The Labute approximate surface area is 193 Å². The van der Waals surface area contributed by atoms with E-state index in [1.807, 2.05) is 30.3 Å². The number of halogens is 1. The van der Waals surface area contributed by atoms with Crippen LogP contribution in [0.15, 0.2) is 35.3 Å². The quantitative estimate of drug-likeness (QED) is 0.253. The summed E-state index contributed by atoms with van der Waals surface area (Å²) in [5.74, 6) is 1.50. The van der Waals surface area contributed by atoms with Crippen molar-refractivity contribution in [3.8, 4) is 0 Å². The SMILES string of the molecule is CCNC(=NCC(O)COCc1ccccc1)NC1CCN(CC(C)C)CC1.I. The molecule has 1 fully saturated rings. The molecule has 1 saturated heterocycles. The van der Waals surface area contributed by atoms with E-state index in [1.54, 1.807) is 0 Å². The zero-order chi connectivity index (χ0) is 20.2. The highest BCUT2D eigenvalue weighted by Gasteiger charge is 2.20. The van der Waals surface area contributed by atoms with E-state index in [4.69, 9.17) is 4.74 Å². The summed E-state index contributed by atoms with van der Waals surface area (Å²) in [5.41, 5.74) is 1.11. The molecule has 6 nitrogen and oxygen atoms in total. The van der Waals surface area contributed by atoms with E-state index in [-0.39, 0.29) is 30.6 Å². The highest BCUT2D eigenvalue weighted by molar-refractivity contribution is 14.0. The highest BCUT2D eigenvalue weighted by atomic mass is 127. The van der Waals surface area contributed by atoms with E-state index in [2.05, 4.69) is 41.3 Å². The van der Waals surface area contributed by atoms with Crippen LogP contribution < -0.4 is 10.6 Å². The first kappa shape index (κ1) is 26.1. The molecule has 1 atom stereocenters. The Morgan fingerprint density at radius 2 is 1.93 bits per heavy atom. The lowest BCUT2D eigenvalue weighted by atomic mass is 10.0. The van der Waals surface area contributed by atoms with Gasteiger partial charge in [-0.2, -0.15) is 0 Å². The van der Waals surface area contributed by atoms with Crippen LogP contribution in [0.2, 0.25) is 0 Å². The summed E-state index contributed by atoms with van der Waals surface area (Å²) in [6.07, 6.45) is 1.65. The monoisotopic (exact) mass is 518 g/mol. The maximum atomic E-state index is 10.2. The highest BCUT2D eigenvalue weighted by Crippen LogP contribution is 2.12. The van der Waals surface area contributed by atoms with E-state index >= 15 is 0 Å². The average Bonchev–Trinajstić information content (AvgIpc) is 2.68. The molecule has 29 heavy (non-hydrogen) atoms. The number of likely N-dealkylation sites (tertiary alicyclic amines) is 1. The number of hydrogen-bond acceptors (Lipinski definition) is 4. The molecule has 2 rings (SSSR count). The first-order valence-corrected chi connectivity index (χ1v) is 10.6. The summed E-state index contributed by atoms with van der Waals surface area (Å²) in [7, 11) is 0. The number of benzene rings is 1. The van der Waals surface area contributed by atoms with Crippen LogP contribution >= 0.6 is 24.0 Å². The molecular formula is C22H39IN4O2. The molecule has 1 heterocycles. The zero-order valence-electron chi connectivity index (χ0n) is 18.1. The van der Waals surface area contributed by atoms with Crippen molar-refractivity contribution in [2.45, 2.75) is 52.4 Å². The first-order chi connectivity index (χ1) is 13.6. The normalized spacial score (nSPS) is 17.1. The first-order valence-electron chi connectivity index (χ1n) is 10.6. The predicted octanol–water partition coefficient (Wildman–Crippen LogP) is 2.86. The van der Waals surface area contributed by atoms with Crippen molar-refractivity contribution in [2.24, 2.45) is 10.9 Å². The molecular weight excluding hydrogens is 479 g/mol. The lowest BCUT2D eigenvalue weighted by Gasteiger charge is -2.34. The van der Waals surface area contributed by atoms with Crippen molar-refractivity contribution in [3.63, 3.8) is 0 Å². The molecule has 0 radical (unpaired) electrons. The number of aliphatic hydroxyl groups excluding tert-OH is 1. The Morgan fingerprint density at radius 1 is 1.24 bits per heavy atom. The van der Waals surface area contributed by atoms with Crippen molar-refractivity contribution < 1.29 is 9.84 Å². The molecule has 0 spiro atoms. The van der Waals surface area contributed by atoms with Crippen molar-refractivity contribution in [1.29, 1.82) is 0 Å². The fourth-order valence-corrected chi connectivity index (χ4v) is 3.43. The van der Waals surface area contributed by atoms with E-state index < -0.39 is 6.10 Å². The van der Waals surface area contributed by atoms with Gasteiger partial charge in [-0.25, -0.2) is 0 Å². The van der Waals surface area contributed by atoms with Gasteiger partial charge in [0, 0.05) is 32.2 Å². The summed E-state index contributed by atoms with van der Waals surface area (Å²) in [4.78, 5) is 7.09. The second kappa shape index (κ2) is 15.0. The van der Waals surface area contributed by atoms with Crippen LogP contribution in [0.3, 0.4) is 0 Å². The molecule has 1 aliphatic rings. The molecule has 0 aromatic heterocycles. The molecule has 1 aliphatic heterocycles. The minimum Gasteiger partial charge on any atom is -0.389 e. The Kier molecular flexibility index (Phi) is 13.5. The van der Waals surface area contributed by atoms with Gasteiger partial charge < -0.3 is 25.4 Å². The van der Waals surface area contributed by atoms with Crippen LogP contribution in [0.1, 0.15) is 39.2 Å². The molecule has 0 amide bonds. The standard InChI is InChI=1S/C22H38N4O2.HI/c1-4-23-22(25-20-10-12-26(13-11-20)15-18(2)3)24-14-21(27)17-28-16-19-8-6-5-7-9-19;/h5-9,18,20-21,27H,4,10-17H2,1-3H3,(H2,23,24,25);1H. The summed E-state index contributed by atoms with van der Waals surface area (Å²) in [5, 5.41) is 17.0. The second-order valence-electron chi connectivity index (χ2n) is 7.99. The molecule has 1 unspecified atom stereocenters. The summed E-state index contributed by atoms with van der Waals surface area (Å²) >= 11 is 0. The fraction of sp³-hybridized carbons (Fsp3) is 0.682. The third-order valence-electron chi connectivity index (χ3n) is 4.78. The minimum absolute atomic E-state index is 0. The largest absolute Gasteiger partial charge is 0.389 e. The van der Waals surface area contributed by atoms with E-state index in [9.17, 15) is 5.11 Å². The van der Waals surface area contributed by atoms with Gasteiger partial charge in [0.2, 0.25) is 0 Å². The van der Waals surface area contributed by atoms with Crippen molar-refractivity contribution >= 4 is 29.9 Å². The van der Waals surface area contributed by atoms with E-state index in [1.165, 1.54) is 6.54 Å². The molecule has 3 N–H and O–H groups in total. The van der Waals surface area contributed by atoms with Gasteiger partial charge >= 0.3 is 0 Å². The minimum atomic E-state index is -0.605. The molecule has 166 valence electrons. The second-order valence-corrected chi connectivity index (χ2v) is 7.99. The van der Waals surface area contributed by atoms with Crippen LogP contribution in [0.5, 0.6) is 0 Å². The predicted molar refractivity (Wildman–Crippen MR) is 131 cm³/mol. The Hall–Kier alpha value is -0.900. The van der Waals surface area contributed by atoms with E-state index in [0.717, 1.165) is 44.0 Å². The lowest BCUT2D eigenvalue weighted by molar-refractivity contribution is 0.0331. The van der Waals surface area contributed by atoms with Gasteiger partial charge in [0.25, 0.3) is 0 Å². The molecule has 7 heteroatoms.